The van der Waals surface area contributed by atoms with Crippen LogP contribution in [0, 0.1) is 0 Å². The zero-order chi connectivity index (χ0) is 12.8. The molecule has 0 saturated heterocycles. The van der Waals surface area contributed by atoms with Gasteiger partial charge in [-0.25, -0.2) is 4.98 Å². The Morgan fingerprint density at radius 1 is 1.44 bits per heavy atom. The Bertz CT molecular complexity index is 497. The van der Waals surface area contributed by atoms with Gasteiger partial charge < -0.3 is 5.32 Å². The first-order chi connectivity index (χ1) is 8.75. The van der Waals surface area contributed by atoms with E-state index in [1.165, 1.54) is 6.20 Å². The minimum Gasteiger partial charge on any atom is -0.352 e. The molecule has 0 fully saturated rings. The van der Waals surface area contributed by atoms with Gasteiger partial charge in [-0.1, -0.05) is 5.21 Å². The summed E-state index contributed by atoms with van der Waals surface area (Å²) in [6.45, 7) is 1.33. The van der Waals surface area contributed by atoms with Crippen LogP contribution in [-0.4, -0.2) is 32.4 Å². The molecule has 0 aliphatic carbocycles. The van der Waals surface area contributed by atoms with Gasteiger partial charge in [0, 0.05) is 25.5 Å². The summed E-state index contributed by atoms with van der Waals surface area (Å²) in [4.78, 5) is 15.7. The average molecular weight is 310 g/mol. The first kappa shape index (κ1) is 12.7. The molecule has 1 N–H and O–H groups in total. The number of amides is 1. The van der Waals surface area contributed by atoms with Crippen molar-refractivity contribution in [3.05, 3.63) is 40.9 Å². The van der Waals surface area contributed by atoms with Crippen LogP contribution in [-0.2, 0) is 6.54 Å². The number of nitrogens with one attached hydrogen (secondary N) is 1. The van der Waals surface area contributed by atoms with Crippen LogP contribution in [0.2, 0.25) is 0 Å². The molecule has 0 aliphatic heterocycles. The van der Waals surface area contributed by atoms with Crippen molar-refractivity contribution in [2.75, 3.05) is 6.54 Å². The van der Waals surface area contributed by atoms with Crippen molar-refractivity contribution >= 4 is 21.8 Å². The fourth-order valence-corrected chi connectivity index (χ4v) is 1.64. The van der Waals surface area contributed by atoms with Crippen LogP contribution in [0.4, 0.5) is 0 Å². The van der Waals surface area contributed by atoms with Crippen LogP contribution in [0.1, 0.15) is 16.8 Å². The number of carbonyl (C=O) groups excluding carboxylic acids is 1. The lowest BCUT2D eigenvalue weighted by Crippen LogP contribution is -2.25. The lowest BCUT2D eigenvalue weighted by atomic mass is 10.2. The fraction of sp³-hybridized carbons (Fsp3) is 0.273. The van der Waals surface area contributed by atoms with Crippen molar-refractivity contribution in [2.45, 2.75) is 13.0 Å². The van der Waals surface area contributed by atoms with E-state index in [0.29, 0.717) is 16.7 Å². The van der Waals surface area contributed by atoms with Crippen LogP contribution < -0.4 is 5.32 Å². The third kappa shape index (κ3) is 3.63. The predicted molar refractivity (Wildman–Crippen MR) is 68.9 cm³/mol. The Hall–Kier alpha value is -1.76. The summed E-state index contributed by atoms with van der Waals surface area (Å²) in [7, 11) is 0. The number of nitrogens with zero attached hydrogens (tertiary/aromatic N) is 4. The molecule has 6 nitrogen and oxygen atoms in total. The van der Waals surface area contributed by atoms with Crippen LogP contribution in [0.3, 0.4) is 0 Å². The van der Waals surface area contributed by atoms with Gasteiger partial charge in [0.2, 0.25) is 0 Å². The molecule has 2 rings (SSSR count). The van der Waals surface area contributed by atoms with Gasteiger partial charge in [0.25, 0.3) is 5.91 Å². The first-order valence-electron chi connectivity index (χ1n) is 5.49. The van der Waals surface area contributed by atoms with Crippen molar-refractivity contribution in [3.63, 3.8) is 0 Å². The molecule has 1 amide bonds. The maximum atomic E-state index is 11.7. The number of hydrogen-bond acceptors (Lipinski definition) is 4. The van der Waals surface area contributed by atoms with E-state index >= 15 is 0 Å². The lowest BCUT2D eigenvalue weighted by Gasteiger charge is -2.04. The Morgan fingerprint density at radius 3 is 3.00 bits per heavy atom. The smallest absolute Gasteiger partial charge is 0.252 e. The predicted octanol–water partition coefficient (Wildman–Crippen LogP) is 1.26. The summed E-state index contributed by atoms with van der Waals surface area (Å²) in [6.07, 6.45) is 5.77. The number of aryl methyl sites for hydroxylation is 1. The topological polar surface area (TPSA) is 72.7 Å². The largest absolute Gasteiger partial charge is 0.352 e. The Labute approximate surface area is 113 Å². The van der Waals surface area contributed by atoms with Crippen LogP contribution in [0.15, 0.2) is 35.3 Å². The van der Waals surface area contributed by atoms with Gasteiger partial charge in [-0.05, 0) is 34.5 Å². The summed E-state index contributed by atoms with van der Waals surface area (Å²) in [5, 5.41) is 10.4. The third-order valence-corrected chi connectivity index (χ3v) is 2.78. The van der Waals surface area contributed by atoms with Gasteiger partial charge in [-0.2, -0.15) is 0 Å². The number of pyridine rings is 1. The minimum absolute atomic E-state index is 0.117. The molecular weight excluding hydrogens is 298 g/mol. The van der Waals surface area contributed by atoms with Gasteiger partial charge in [-0.3, -0.25) is 9.48 Å². The maximum absolute atomic E-state index is 11.7. The second-order valence-electron chi connectivity index (χ2n) is 3.65. The van der Waals surface area contributed by atoms with Gasteiger partial charge in [0.15, 0.2) is 0 Å². The standard InChI is InChI=1S/C11H12BrN5O/c12-10-3-2-9(8-14-10)11(18)13-4-1-6-17-7-5-15-16-17/h2-3,5,7-8H,1,4,6H2,(H,13,18). The second kappa shape index (κ2) is 6.25. The summed E-state index contributed by atoms with van der Waals surface area (Å²) in [6, 6.07) is 3.47. The zero-order valence-electron chi connectivity index (χ0n) is 9.58. The number of hydrogen-bond donors (Lipinski definition) is 1. The molecule has 7 heteroatoms. The fourth-order valence-electron chi connectivity index (χ4n) is 1.41. The van der Waals surface area contributed by atoms with Crippen LogP contribution >= 0.6 is 15.9 Å². The SMILES string of the molecule is O=C(NCCCn1ccnn1)c1ccc(Br)nc1. The highest BCUT2D eigenvalue weighted by Gasteiger charge is 2.04. The quantitative estimate of drug-likeness (QED) is 0.666. The number of halogens is 1. The van der Waals surface area contributed by atoms with Gasteiger partial charge in [0.1, 0.15) is 4.60 Å². The third-order valence-electron chi connectivity index (χ3n) is 2.31. The molecule has 0 spiro atoms. The molecule has 0 bridgehead atoms. The van der Waals surface area contributed by atoms with Gasteiger partial charge in [0.05, 0.1) is 11.8 Å². The van der Waals surface area contributed by atoms with E-state index < -0.39 is 0 Å². The van der Waals surface area contributed by atoms with Gasteiger partial charge >= 0.3 is 0 Å². The van der Waals surface area contributed by atoms with E-state index in [9.17, 15) is 4.79 Å². The summed E-state index contributed by atoms with van der Waals surface area (Å²) < 4.78 is 2.44. The van der Waals surface area contributed by atoms with Crippen LogP contribution in [0.25, 0.3) is 0 Å². The molecule has 2 aromatic rings. The number of aromatic nitrogens is 4. The Morgan fingerprint density at radius 2 is 2.33 bits per heavy atom. The van der Waals surface area contributed by atoms with E-state index in [0.717, 1.165) is 13.0 Å². The maximum Gasteiger partial charge on any atom is 0.252 e. The Balaban J connectivity index is 1.73. The molecule has 2 heterocycles. The molecule has 0 aliphatic rings. The molecular formula is C11H12BrN5O. The highest BCUT2D eigenvalue weighted by Crippen LogP contribution is 2.05. The molecule has 0 radical (unpaired) electrons. The van der Waals surface area contributed by atoms with Crippen molar-refractivity contribution in [1.82, 2.24) is 25.3 Å². The Kier molecular flexibility index (Phi) is 4.40. The van der Waals surface area contributed by atoms with Crippen molar-refractivity contribution in [3.8, 4) is 0 Å². The van der Waals surface area contributed by atoms with Crippen molar-refractivity contribution in [1.29, 1.82) is 0 Å². The normalized spacial score (nSPS) is 10.3. The summed E-state index contributed by atoms with van der Waals surface area (Å²) in [5.74, 6) is -0.117. The molecule has 0 saturated carbocycles. The van der Waals surface area contributed by atoms with E-state index in [1.54, 1.807) is 29.2 Å². The van der Waals surface area contributed by atoms with Crippen LogP contribution in [0.5, 0.6) is 0 Å². The van der Waals surface area contributed by atoms with E-state index in [2.05, 4.69) is 36.5 Å². The molecule has 94 valence electrons. The second-order valence-corrected chi connectivity index (χ2v) is 4.46. The summed E-state index contributed by atoms with van der Waals surface area (Å²) in [5.41, 5.74) is 0.555. The van der Waals surface area contributed by atoms with Gasteiger partial charge in [-0.15, -0.1) is 5.10 Å². The van der Waals surface area contributed by atoms with E-state index in [-0.39, 0.29) is 5.91 Å². The first-order valence-corrected chi connectivity index (χ1v) is 6.29. The van der Waals surface area contributed by atoms with Crippen molar-refractivity contribution in [2.24, 2.45) is 0 Å². The number of carbonyl (C=O) groups is 1. The molecule has 0 atom stereocenters. The highest BCUT2D eigenvalue weighted by atomic mass is 79.9. The molecule has 18 heavy (non-hydrogen) atoms. The molecule has 2 aromatic heterocycles. The van der Waals surface area contributed by atoms with E-state index in [1.807, 2.05) is 0 Å². The number of rotatable bonds is 5. The monoisotopic (exact) mass is 309 g/mol. The summed E-state index contributed by atoms with van der Waals surface area (Å²) >= 11 is 3.22. The molecule has 0 aromatic carbocycles. The highest BCUT2D eigenvalue weighted by molar-refractivity contribution is 9.10. The molecule has 0 unspecified atom stereocenters. The average Bonchev–Trinajstić information content (AvgIpc) is 2.88. The lowest BCUT2D eigenvalue weighted by molar-refractivity contribution is 0.0952. The minimum atomic E-state index is -0.117. The van der Waals surface area contributed by atoms with E-state index in [4.69, 9.17) is 0 Å². The zero-order valence-corrected chi connectivity index (χ0v) is 11.2. The van der Waals surface area contributed by atoms with Crippen molar-refractivity contribution < 1.29 is 4.79 Å².